The Morgan fingerprint density at radius 1 is 1.37 bits per heavy atom. The van der Waals surface area contributed by atoms with Gasteiger partial charge >= 0.3 is 0 Å². The Hall–Kier alpha value is -1.62. The molecule has 2 aromatic rings. The van der Waals surface area contributed by atoms with Crippen LogP contribution in [-0.2, 0) is 0 Å². The first-order valence-electron chi connectivity index (χ1n) is 5.89. The van der Waals surface area contributed by atoms with Gasteiger partial charge in [0.05, 0.1) is 11.7 Å². The second kappa shape index (κ2) is 5.57. The van der Waals surface area contributed by atoms with Gasteiger partial charge < -0.3 is 10.6 Å². The lowest BCUT2D eigenvalue weighted by molar-refractivity contribution is 0.584. The van der Waals surface area contributed by atoms with Crippen molar-refractivity contribution in [3.05, 3.63) is 52.4 Å². The van der Waals surface area contributed by atoms with Gasteiger partial charge in [-0.05, 0) is 35.0 Å². The van der Waals surface area contributed by atoms with Crippen LogP contribution in [0.25, 0.3) is 0 Å². The molecule has 0 amide bonds. The SMILES string of the molecule is CC(c1ccccc1F)N(C)c1ncc(Br)cc1N. The summed E-state index contributed by atoms with van der Waals surface area (Å²) < 4.78 is 14.6. The monoisotopic (exact) mass is 323 g/mol. The quantitative estimate of drug-likeness (QED) is 0.935. The van der Waals surface area contributed by atoms with Gasteiger partial charge in [-0.3, -0.25) is 0 Å². The lowest BCUT2D eigenvalue weighted by Gasteiger charge is -2.27. The van der Waals surface area contributed by atoms with Crippen molar-refractivity contribution in [1.29, 1.82) is 0 Å². The summed E-state index contributed by atoms with van der Waals surface area (Å²) in [5.74, 6) is 0.413. The molecule has 1 unspecified atom stereocenters. The van der Waals surface area contributed by atoms with Crippen LogP contribution in [0.3, 0.4) is 0 Å². The molecule has 5 heteroatoms. The van der Waals surface area contributed by atoms with Gasteiger partial charge in [-0.2, -0.15) is 0 Å². The molecule has 0 fully saturated rings. The number of anilines is 2. The maximum absolute atomic E-state index is 13.8. The average molecular weight is 324 g/mol. The van der Waals surface area contributed by atoms with Crippen molar-refractivity contribution >= 4 is 27.4 Å². The molecule has 0 saturated carbocycles. The Bertz CT molecular complexity index is 589. The van der Waals surface area contributed by atoms with Crippen molar-refractivity contribution < 1.29 is 4.39 Å². The zero-order valence-corrected chi connectivity index (χ0v) is 12.4. The van der Waals surface area contributed by atoms with Gasteiger partial charge in [-0.25, -0.2) is 9.37 Å². The topological polar surface area (TPSA) is 42.2 Å². The Balaban J connectivity index is 2.33. The summed E-state index contributed by atoms with van der Waals surface area (Å²) in [6.45, 7) is 1.92. The Morgan fingerprint density at radius 2 is 2.05 bits per heavy atom. The van der Waals surface area contributed by atoms with Gasteiger partial charge in [0.2, 0.25) is 0 Å². The molecule has 1 atom stereocenters. The molecular formula is C14H15BrFN3. The minimum Gasteiger partial charge on any atom is -0.396 e. The van der Waals surface area contributed by atoms with Crippen molar-refractivity contribution in [2.45, 2.75) is 13.0 Å². The molecule has 2 rings (SSSR count). The largest absolute Gasteiger partial charge is 0.396 e. The Kier molecular flexibility index (Phi) is 4.04. The summed E-state index contributed by atoms with van der Waals surface area (Å²) in [4.78, 5) is 6.15. The number of pyridine rings is 1. The summed E-state index contributed by atoms with van der Waals surface area (Å²) >= 11 is 3.32. The zero-order valence-electron chi connectivity index (χ0n) is 10.8. The van der Waals surface area contributed by atoms with E-state index in [2.05, 4.69) is 20.9 Å². The maximum atomic E-state index is 13.8. The first-order chi connectivity index (χ1) is 9.00. The molecule has 1 aromatic heterocycles. The van der Waals surface area contributed by atoms with Gasteiger partial charge in [-0.1, -0.05) is 18.2 Å². The number of benzene rings is 1. The first-order valence-corrected chi connectivity index (χ1v) is 6.68. The second-order valence-corrected chi connectivity index (χ2v) is 5.29. The van der Waals surface area contributed by atoms with E-state index in [4.69, 9.17) is 5.73 Å². The smallest absolute Gasteiger partial charge is 0.152 e. The minimum absolute atomic E-state index is 0.155. The summed E-state index contributed by atoms with van der Waals surface area (Å²) in [7, 11) is 1.85. The molecule has 0 aliphatic heterocycles. The van der Waals surface area contributed by atoms with Gasteiger partial charge in [0.25, 0.3) is 0 Å². The number of hydrogen-bond donors (Lipinski definition) is 1. The Morgan fingerprint density at radius 3 is 2.68 bits per heavy atom. The molecular weight excluding hydrogens is 309 g/mol. The van der Waals surface area contributed by atoms with Crippen molar-refractivity contribution in [3.8, 4) is 0 Å². The first kappa shape index (κ1) is 13.8. The third-order valence-electron chi connectivity index (χ3n) is 3.13. The van der Waals surface area contributed by atoms with Gasteiger partial charge in [0.1, 0.15) is 5.82 Å². The van der Waals surface area contributed by atoms with Crippen LogP contribution in [0.15, 0.2) is 41.0 Å². The standard InChI is InChI=1S/C14H15BrFN3/c1-9(11-5-3-4-6-12(11)16)19(2)14-13(17)7-10(15)8-18-14/h3-9H,17H2,1-2H3. The second-order valence-electron chi connectivity index (χ2n) is 4.37. The summed E-state index contributed by atoms with van der Waals surface area (Å²) in [5, 5.41) is 0. The fraction of sp³-hybridized carbons (Fsp3) is 0.214. The van der Waals surface area contributed by atoms with E-state index in [1.807, 2.05) is 24.9 Å². The number of nitrogen functional groups attached to an aromatic ring is 1. The van der Waals surface area contributed by atoms with E-state index in [1.165, 1.54) is 6.07 Å². The predicted molar refractivity (Wildman–Crippen MR) is 79.6 cm³/mol. The average Bonchev–Trinajstić information content (AvgIpc) is 2.38. The third kappa shape index (κ3) is 2.87. The van der Waals surface area contributed by atoms with E-state index >= 15 is 0 Å². The van der Waals surface area contributed by atoms with Crippen LogP contribution >= 0.6 is 15.9 Å². The van der Waals surface area contributed by atoms with E-state index in [-0.39, 0.29) is 11.9 Å². The van der Waals surface area contributed by atoms with E-state index < -0.39 is 0 Å². The molecule has 1 aromatic carbocycles. The summed E-state index contributed by atoms with van der Waals surface area (Å²) in [6, 6.07) is 8.35. The highest BCUT2D eigenvalue weighted by atomic mass is 79.9. The highest BCUT2D eigenvalue weighted by Crippen LogP contribution is 2.30. The summed E-state index contributed by atoms with van der Waals surface area (Å²) in [6.07, 6.45) is 1.68. The lowest BCUT2D eigenvalue weighted by Crippen LogP contribution is -2.24. The van der Waals surface area contributed by atoms with Crippen molar-refractivity contribution in [2.75, 3.05) is 17.7 Å². The van der Waals surface area contributed by atoms with Crippen LogP contribution in [0.5, 0.6) is 0 Å². The van der Waals surface area contributed by atoms with Crippen LogP contribution in [0.4, 0.5) is 15.9 Å². The molecule has 2 N–H and O–H groups in total. The van der Waals surface area contributed by atoms with Crippen molar-refractivity contribution in [2.24, 2.45) is 0 Å². The van der Waals surface area contributed by atoms with E-state index in [9.17, 15) is 4.39 Å². The van der Waals surface area contributed by atoms with E-state index in [0.717, 1.165) is 4.47 Å². The molecule has 0 aliphatic rings. The van der Waals surface area contributed by atoms with E-state index in [1.54, 1.807) is 24.4 Å². The van der Waals surface area contributed by atoms with Gasteiger partial charge in [0.15, 0.2) is 5.82 Å². The number of nitrogens with two attached hydrogens (primary N) is 1. The molecule has 19 heavy (non-hydrogen) atoms. The molecule has 0 radical (unpaired) electrons. The van der Waals surface area contributed by atoms with Crippen molar-refractivity contribution in [1.82, 2.24) is 4.98 Å². The fourth-order valence-electron chi connectivity index (χ4n) is 1.95. The lowest BCUT2D eigenvalue weighted by atomic mass is 10.1. The number of nitrogens with zero attached hydrogens (tertiary/aromatic N) is 2. The molecule has 1 heterocycles. The molecule has 0 saturated heterocycles. The van der Waals surface area contributed by atoms with Gasteiger partial charge in [-0.15, -0.1) is 0 Å². The number of halogens is 2. The van der Waals surface area contributed by atoms with Crippen molar-refractivity contribution in [3.63, 3.8) is 0 Å². The normalized spacial score (nSPS) is 12.2. The number of hydrogen-bond acceptors (Lipinski definition) is 3. The molecule has 100 valence electrons. The Labute approximate surface area is 120 Å². The highest BCUT2D eigenvalue weighted by molar-refractivity contribution is 9.10. The predicted octanol–water partition coefficient (Wildman–Crippen LogP) is 3.76. The maximum Gasteiger partial charge on any atom is 0.152 e. The third-order valence-corrected chi connectivity index (χ3v) is 3.57. The summed E-state index contributed by atoms with van der Waals surface area (Å²) in [5.41, 5.74) is 7.12. The minimum atomic E-state index is -0.225. The fourth-order valence-corrected chi connectivity index (χ4v) is 2.30. The molecule has 0 aliphatic carbocycles. The number of aromatic nitrogens is 1. The molecule has 0 bridgehead atoms. The highest BCUT2D eigenvalue weighted by Gasteiger charge is 2.18. The van der Waals surface area contributed by atoms with Crippen LogP contribution in [-0.4, -0.2) is 12.0 Å². The number of rotatable bonds is 3. The molecule has 0 spiro atoms. The van der Waals surface area contributed by atoms with Crippen LogP contribution < -0.4 is 10.6 Å². The zero-order chi connectivity index (χ0) is 14.0. The molecule has 3 nitrogen and oxygen atoms in total. The van der Waals surface area contributed by atoms with Crippen LogP contribution in [0.2, 0.25) is 0 Å². The van der Waals surface area contributed by atoms with E-state index in [0.29, 0.717) is 17.1 Å². The van der Waals surface area contributed by atoms with Crippen LogP contribution in [0, 0.1) is 5.82 Å². The van der Waals surface area contributed by atoms with Crippen LogP contribution in [0.1, 0.15) is 18.5 Å². The van der Waals surface area contributed by atoms with Gasteiger partial charge in [0, 0.05) is 23.3 Å².